The van der Waals surface area contributed by atoms with Crippen LogP contribution in [0.5, 0.6) is 0 Å². The van der Waals surface area contributed by atoms with Crippen LogP contribution in [-0.2, 0) is 4.79 Å². The van der Waals surface area contributed by atoms with Gasteiger partial charge in [-0.05, 0) is 44.6 Å². The minimum absolute atomic E-state index is 0.142. The second-order valence-electron chi connectivity index (χ2n) is 2.51. The van der Waals surface area contributed by atoms with E-state index in [0.29, 0.717) is 0 Å². The van der Waals surface area contributed by atoms with Gasteiger partial charge in [0.15, 0.2) is 6.10 Å². The van der Waals surface area contributed by atoms with Gasteiger partial charge in [-0.25, -0.2) is 9.18 Å². The summed E-state index contributed by atoms with van der Waals surface area (Å²) < 4.78 is 13.5. The van der Waals surface area contributed by atoms with Crippen molar-refractivity contribution < 1.29 is 19.4 Å². The van der Waals surface area contributed by atoms with Gasteiger partial charge in [-0.15, -0.1) is 0 Å². The van der Waals surface area contributed by atoms with Crippen LogP contribution in [0.2, 0.25) is 0 Å². The Labute approximate surface area is 101 Å². The molecule has 0 bridgehead atoms. The normalized spacial score (nSPS) is 12.6. The zero-order chi connectivity index (χ0) is 10.9. The highest BCUT2D eigenvalue weighted by Crippen LogP contribution is 2.30. The predicted molar refractivity (Wildman–Crippen MR) is 59.4 cm³/mol. The van der Waals surface area contributed by atoms with Crippen molar-refractivity contribution in [3.63, 3.8) is 0 Å². The van der Waals surface area contributed by atoms with Gasteiger partial charge in [-0.1, -0.05) is 6.07 Å². The minimum Gasteiger partial charge on any atom is -0.479 e. The van der Waals surface area contributed by atoms with Gasteiger partial charge in [0, 0.05) is 10.0 Å². The predicted octanol–water partition coefficient (Wildman–Crippen LogP) is 2.31. The van der Waals surface area contributed by atoms with Gasteiger partial charge in [0.2, 0.25) is 0 Å². The number of hydrogen-bond donors (Lipinski definition) is 2. The van der Waals surface area contributed by atoms with E-state index >= 15 is 0 Å². The second kappa shape index (κ2) is 4.54. The highest BCUT2D eigenvalue weighted by molar-refractivity contribution is 14.1. The Morgan fingerprint density at radius 1 is 1.57 bits per heavy atom. The summed E-state index contributed by atoms with van der Waals surface area (Å²) >= 11 is 4.75. The largest absolute Gasteiger partial charge is 0.479 e. The molecule has 76 valence electrons. The summed E-state index contributed by atoms with van der Waals surface area (Å²) in [6, 6.07) is 2.36. The first-order chi connectivity index (χ1) is 6.45. The lowest BCUT2D eigenvalue weighted by atomic mass is 10.1. The fourth-order valence-electron chi connectivity index (χ4n) is 0.885. The highest BCUT2D eigenvalue weighted by atomic mass is 127. The second-order valence-corrected chi connectivity index (χ2v) is 4.38. The summed E-state index contributed by atoms with van der Waals surface area (Å²) in [6.07, 6.45) is -1.64. The van der Waals surface area contributed by atoms with E-state index in [-0.39, 0.29) is 13.6 Å². The summed E-state index contributed by atoms with van der Waals surface area (Å²) in [5, 5.41) is 17.8. The van der Waals surface area contributed by atoms with Crippen LogP contribution in [0.4, 0.5) is 4.39 Å². The van der Waals surface area contributed by atoms with Gasteiger partial charge in [0.1, 0.15) is 5.82 Å². The molecule has 0 saturated heterocycles. The molecule has 2 N–H and O–H groups in total. The molecule has 6 heteroatoms. The van der Waals surface area contributed by atoms with Crippen molar-refractivity contribution in [2.24, 2.45) is 0 Å². The topological polar surface area (TPSA) is 57.5 Å². The van der Waals surface area contributed by atoms with Crippen molar-refractivity contribution >= 4 is 44.5 Å². The number of carboxylic acid groups (broad SMARTS) is 1. The van der Waals surface area contributed by atoms with Gasteiger partial charge in [0.25, 0.3) is 0 Å². The molecule has 0 heterocycles. The summed E-state index contributed by atoms with van der Waals surface area (Å²) in [5.41, 5.74) is 0.142. The molecule has 1 rings (SSSR count). The molecule has 0 aliphatic heterocycles. The Balaban J connectivity index is 3.24. The smallest absolute Gasteiger partial charge is 0.337 e. The number of aliphatic carboxylic acids is 1. The molecule has 3 nitrogen and oxygen atoms in total. The summed E-state index contributed by atoms with van der Waals surface area (Å²) in [7, 11) is 0. The SMILES string of the molecule is O=C(O)C(O)c1ccc(F)c(I)c1Br. The average Bonchev–Trinajstić information content (AvgIpc) is 2.13. The number of carbonyl (C=O) groups is 1. The first kappa shape index (κ1) is 11.9. The quantitative estimate of drug-likeness (QED) is 0.617. The molecule has 0 aliphatic carbocycles. The maximum absolute atomic E-state index is 13.0. The molecular weight excluding hydrogens is 370 g/mol. The highest BCUT2D eigenvalue weighted by Gasteiger charge is 2.21. The Morgan fingerprint density at radius 3 is 2.64 bits per heavy atom. The molecule has 0 amide bonds. The molecule has 0 fully saturated rings. The van der Waals surface area contributed by atoms with Crippen molar-refractivity contribution in [3.8, 4) is 0 Å². The lowest BCUT2D eigenvalue weighted by Gasteiger charge is -2.09. The fourth-order valence-corrected chi connectivity index (χ4v) is 1.91. The van der Waals surface area contributed by atoms with Crippen LogP contribution in [0.15, 0.2) is 16.6 Å². The average molecular weight is 375 g/mol. The van der Waals surface area contributed by atoms with Crippen LogP contribution >= 0.6 is 38.5 Å². The van der Waals surface area contributed by atoms with Crippen LogP contribution in [0.3, 0.4) is 0 Å². The lowest BCUT2D eigenvalue weighted by molar-refractivity contribution is -0.147. The van der Waals surface area contributed by atoms with E-state index < -0.39 is 17.9 Å². The van der Waals surface area contributed by atoms with Crippen LogP contribution in [0, 0.1) is 9.39 Å². The molecule has 1 unspecified atom stereocenters. The summed E-state index contributed by atoms with van der Waals surface area (Å²) in [6.45, 7) is 0. The maximum atomic E-state index is 13.0. The van der Waals surface area contributed by atoms with Crippen molar-refractivity contribution in [3.05, 3.63) is 31.6 Å². The fraction of sp³-hybridized carbons (Fsp3) is 0.125. The van der Waals surface area contributed by atoms with E-state index in [2.05, 4.69) is 15.9 Å². The minimum atomic E-state index is -1.64. The maximum Gasteiger partial charge on any atom is 0.337 e. The molecular formula is C8H5BrFIO3. The third-order valence-electron chi connectivity index (χ3n) is 1.59. The monoisotopic (exact) mass is 374 g/mol. The summed E-state index contributed by atoms with van der Waals surface area (Å²) in [4.78, 5) is 10.5. The standard InChI is InChI=1S/C8H5BrFIO3/c9-5-3(7(12)8(13)14)1-2-4(10)6(5)11/h1-2,7,12H,(H,13,14). The molecule has 1 aromatic carbocycles. The van der Waals surface area contributed by atoms with E-state index in [0.717, 1.165) is 6.07 Å². The first-order valence-corrected chi connectivity index (χ1v) is 5.36. The Morgan fingerprint density at radius 2 is 2.14 bits per heavy atom. The van der Waals surface area contributed by atoms with Crippen molar-refractivity contribution in [2.45, 2.75) is 6.10 Å². The zero-order valence-electron chi connectivity index (χ0n) is 6.67. The van der Waals surface area contributed by atoms with Crippen molar-refractivity contribution in [2.75, 3.05) is 0 Å². The van der Waals surface area contributed by atoms with Gasteiger partial charge in [0.05, 0.1) is 3.57 Å². The van der Waals surface area contributed by atoms with E-state index in [9.17, 15) is 14.3 Å². The van der Waals surface area contributed by atoms with E-state index in [4.69, 9.17) is 5.11 Å². The lowest BCUT2D eigenvalue weighted by Crippen LogP contribution is -2.11. The molecule has 0 aromatic heterocycles. The molecule has 0 aliphatic rings. The molecule has 0 radical (unpaired) electrons. The molecule has 0 saturated carbocycles. The van der Waals surface area contributed by atoms with E-state index in [1.165, 1.54) is 6.07 Å². The van der Waals surface area contributed by atoms with Gasteiger partial charge in [-0.3, -0.25) is 0 Å². The van der Waals surface area contributed by atoms with Crippen LogP contribution in [0.1, 0.15) is 11.7 Å². The van der Waals surface area contributed by atoms with Gasteiger partial charge < -0.3 is 10.2 Å². The number of aliphatic hydroxyl groups is 1. The van der Waals surface area contributed by atoms with Crippen LogP contribution in [-0.4, -0.2) is 16.2 Å². The van der Waals surface area contributed by atoms with Crippen molar-refractivity contribution in [1.82, 2.24) is 0 Å². The number of aliphatic hydroxyl groups excluding tert-OH is 1. The third-order valence-corrected chi connectivity index (χ3v) is 4.24. The third kappa shape index (κ3) is 2.23. The van der Waals surface area contributed by atoms with E-state index in [1.54, 1.807) is 22.6 Å². The molecule has 14 heavy (non-hydrogen) atoms. The molecule has 0 spiro atoms. The first-order valence-electron chi connectivity index (χ1n) is 3.49. The summed E-state index contributed by atoms with van der Waals surface area (Å²) in [5.74, 6) is -1.83. The van der Waals surface area contributed by atoms with Crippen molar-refractivity contribution in [1.29, 1.82) is 0 Å². The van der Waals surface area contributed by atoms with E-state index in [1.807, 2.05) is 0 Å². The zero-order valence-corrected chi connectivity index (χ0v) is 10.4. The Bertz CT molecular complexity index is 383. The number of hydrogen-bond acceptors (Lipinski definition) is 2. The number of rotatable bonds is 2. The Hall–Kier alpha value is -0.210. The Kier molecular flexibility index (Phi) is 3.85. The molecule has 1 aromatic rings. The number of halogens is 3. The molecule has 1 atom stereocenters. The number of benzene rings is 1. The van der Waals surface area contributed by atoms with Crippen LogP contribution < -0.4 is 0 Å². The number of carboxylic acids is 1. The van der Waals surface area contributed by atoms with Gasteiger partial charge >= 0.3 is 5.97 Å². The van der Waals surface area contributed by atoms with Gasteiger partial charge in [-0.2, -0.15) is 0 Å². The van der Waals surface area contributed by atoms with Crippen LogP contribution in [0.25, 0.3) is 0 Å².